The number of nitrogens with one attached hydrogen (secondary N) is 1. The normalized spacial score (nSPS) is 17.3. The summed E-state index contributed by atoms with van der Waals surface area (Å²) in [5.41, 5.74) is 4.13. The van der Waals surface area contributed by atoms with Crippen molar-refractivity contribution in [2.24, 2.45) is 0 Å². The van der Waals surface area contributed by atoms with E-state index in [1.54, 1.807) is 12.1 Å². The molecule has 0 saturated heterocycles. The van der Waals surface area contributed by atoms with Crippen molar-refractivity contribution in [1.82, 2.24) is 0 Å². The lowest BCUT2D eigenvalue weighted by Gasteiger charge is -2.30. The summed E-state index contributed by atoms with van der Waals surface area (Å²) in [5.74, 6) is -0.0805. The number of anilines is 1. The minimum atomic E-state index is -0.614. The van der Waals surface area contributed by atoms with Crippen LogP contribution in [0.2, 0.25) is 0 Å². The Hall–Kier alpha value is -2.49. The predicted molar refractivity (Wildman–Crippen MR) is 84.0 cm³/mol. The Labute approximate surface area is 128 Å². The number of aromatic hydroxyl groups is 1. The molecule has 0 aliphatic carbocycles. The molecule has 0 bridgehead atoms. The second-order valence-corrected chi connectivity index (χ2v) is 6.29. The van der Waals surface area contributed by atoms with Crippen molar-refractivity contribution < 1.29 is 14.2 Å². The van der Waals surface area contributed by atoms with E-state index in [2.05, 4.69) is 25.2 Å². The van der Waals surface area contributed by atoms with E-state index < -0.39 is 5.82 Å². The molecule has 2 aliphatic rings. The molecule has 0 fully saturated rings. The van der Waals surface area contributed by atoms with Crippen LogP contribution in [0.25, 0.3) is 16.9 Å². The van der Waals surface area contributed by atoms with Crippen LogP contribution >= 0.6 is 0 Å². The summed E-state index contributed by atoms with van der Waals surface area (Å²) in [5, 5.41) is 13.5. The van der Waals surface area contributed by atoms with Gasteiger partial charge in [0.05, 0.1) is 5.54 Å². The lowest BCUT2D eigenvalue weighted by Crippen LogP contribution is -2.31. The Morgan fingerprint density at radius 3 is 2.82 bits per heavy atom. The Bertz CT molecular complexity index is 824. The smallest absolute Gasteiger partial charge is 0.165 e. The SMILES string of the molecule is CC1(C)C=C2OCc3c(-c4cccc(F)c4O)ccc(c32)N1. The maximum absolute atomic E-state index is 13.6. The predicted octanol–water partition coefficient (Wildman–Crippen LogP) is 4.27. The van der Waals surface area contributed by atoms with Gasteiger partial charge in [-0.2, -0.15) is 0 Å². The maximum Gasteiger partial charge on any atom is 0.165 e. The first-order valence-electron chi connectivity index (χ1n) is 7.24. The van der Waals surface area contributed by atoms with Gasteiger partial charge in [-0.1, -0.05) is 18.2 Å². The lowest BCUT2D eigenvalue weighted by molar-refractivity contribution is 0.283. The molecule has 0 spiro atoms. The lowest BCUT2D eigenvalue weighted by atomic mass is 9.89. The summed E-state index contributed by atoms with van der Waals surface area (Å²) in [6.45, 7) is 4.59. The number of phenolic OH excluding ortho intramolecular Hbond substituents is 1. The number of rotatable bonds is 1. The van der Waals surface area contributed by atoms with Crippen LogP contribution in [0.3, 0.4) is 0 Å². The number of para-hydroxylation sites is 1. The van der Waals surface area contributed by atoms with Gasteiger partial charge in [-0.25, -0.2) is 4.39 Å². The zero-order chi connectivity index (χ0) is 15.5. The largest absolute Gasteiger partial charge is 0.504 e. The van der Waals surface area contributed by atoms with Crippen molar-refractivity contribution in [1.29, 1.82) is 0 Å². The first-order chi connectivity index (χ1) is 10.5. The van der Waals surface area contributed by atoms with Crippen LogP contribution in [0.4, 0.5) is 10.1 Å². The van der Waals surface area contributed by atoms with E-state index in [4.69, 9.17) is 4.74 Å². The molecule has 0 unspecified atom stereocenters. The fraction of sp³-hybridized carbons (Fsp3) is 0.222. The topological polar surface area (TPSA) is 41.5 Å². The van der Waals surface area contributed by atoms with Crippen LogP contribution in [0.15, 0.2) is 36.4 Å². The van der Waals surface area contributed by atoms with Crippen LogP contribution in [-0.4, -0.2) is 10.6 Å². The molecule has 2 aliphatic heterocycles. The first kappa shape index (κ1) is 13.2. The third-order valence-corrected chi connectivity index (χ3v) is 4.16. The van der Waals surface area contributed by atoms with Crippen LogP contribution in [-0.2, 0) is 11.3 Å². The van der Waals surface area contributed by atoms with Gasteiger partial charge in [0.1, 0.15) is 12.4 Å². The fourth-order valence-corrected chi connectivity index (χ4v) is 3.22. The van der Waals surface area contributed by atoms with Gasteiger partial charge in [0, 0.05) is 22.4 Å². The van der Waals surface area contributed by atoms with Crippen molar-refractivity contribution >= 4 is 11.4 Å². The highest BCUT2D eigenvalue weighted by molar-refractivity contribution is 5.88. The first-order valence-corrected chi connectivity index (χ1v) is 7.24. The van der Waals surface area contributed by atoms with Crippen molar-refractivity contribution in [2.75, 3.05) is 5.32 Å². The summed E-state index contributed by atoms with van der Waals surface area (Å²) in [7, 11) is 0. The second kappa shape index (κ2) is 4.26. The highest BCUT2D eigenvalue weighted by Gasteiger charge is 2.33. The second-order valence-electron chi connectivity index (χ2n) is 6.29. The molecular formula is C18H16FNO2. The molecule has 3 nitrogen and oxygen atoms in total. The molecule has 22 heavy (non-hydrogen) atoms. The molecule has 0 radical (unpaired) electrons. The molecular weight excluding hydrogens is 281 g/mol. The van der Waals surface area contributed by atoms with Crippen LogP contribution in [0.5, 0.6) is 5.75 Å². The molecule has 4 rings (SSSR count). The number of ether oxygens (including phenoxy) is 1. The van der Waals surface area contributed by atoms with Crippen molar-refractivity contribution in [3.05, 3.63) is 53.4 Å². The number of benzene rings is 2. The monoisotopic (exact) mass is 297 g/mol. The minimum absolute atomic E-state index is 0.174. The van der Waals surface area contributed by atoms with Gasteiger partial charge in [0.2, 0.25) is 0 Å². The van der Waals surface area contributed by atoms with E-state index in [0.717, 1.165) is 28.1 Å². The minimum Gasteiger partial charge on any atom is -0.504 e. The Morgan fingerprint density at radius 2 is 2.00 bits per heavy atom. The summed E-state index contributed by atoms with van der Waals surface area (Å²) < 4.78 is 19.5. The van der Waals surface area contributed by atoms with Crippen LogP contribution in [0.1, 0.15) is 25.0 Å². The summed E-state index contributed by atoms with van der Waals surface area (Å²) in [6.07, 6.45) is 2.06. The zero-order valence-corrected chi connectivity index (χ0v) is 12.4. The molecule has 0 aromatic heterocycles. The highest BCUT2D eigenvalue weighted by Crippen LogP contribution is 2.46. The maximum atomic E-state index is 13.6. The average Bonchev–Trinajstić information content (AvgIpc) is 2.86. The van der Waals surface area contributed by atoms with E-state index in [-0.39, 0.29) is 11.3 Å². The summed E-state index contributed by atoms with van der Waals surface area (Å²) in [6, 6.07) is 8.44. The Morgan fingerprint density at radius 1 is 1.18 bits per heavy atom. The van der Waals surface area contributed by atoms with E-state index in [1.807, 2.05) is 12.1 Å². The van der Waals surface area contributed by atoms with E-state index in [0.29, 0.717) is 12.2 Å². The molecule has 2 aromatic carbocycles. The van der Waals surface area contributed by atoms with Gasteiger partial charge in [-0.3, -0.25) is 0 Å². The van der Waals surface area contributed by atoms with Gasteiger partial charge >= 0.3 is 0 Å². The van der Waals surface area contributed by atoms with E-state index in [9.17, 15) is 9.50 Å². The van der Waals surface area contributed by atoms with Gasteiger partial charge in [0.15, 0.2) is 11.6 Å². The Kier molecular flexibility index (Phi) is 2.55. The molecule has 4 heteroatoms. The van der Waals surface area contributed by atoms with E-state index in [1.165, 1.54) is 6.07 Å². The molecule has 0 saturated carbocycles. The molecule has 2 aromatic rings. The highest BCUT2D eigenvalue weighted by atomic mass is 19.1. The molecule has 112 valence electrons. The number of halogens is 1. The van der Waals surface area contributed by atoms with E-state index >= 15 is 0 Å². The van der Waals surface area contributed by atoms with Crippen molar-refractivity contribution in [3.63, 3.8) is 0 Å². The van der Waals surface area contributed by atoms with Gasteiger partial charge in [-0.05, 0) is 37.6 Å². The summed E-state index contributed by atoms with van der Waals surface area (Å²) >= 11 is 0. The summed E-state index contributed by atoms with van der Waals surface area (Å²) in [4.78, 5) is 0. The fourth-order valence-electron chi connectivity index (χ4n) is 3.22. The Balaban J connectivity index is 1.95. The third kappa shape index (κ3) is 1.80. The number of hydrogen-bond acceptors (Lipinski definition) is 3. The van der Waals surface area contributed by atoms with Gasteiger partial charge < -0.3 is 15.2 Å². The third-order valence-electron chi connectivity index (χ3n) is 4.16. The molecule has 0 atom stereocenters. The van der Waals surface area contributed by atoms with Gasteiger partial charge in [-0.15, -0.1) is 0 Å². The van der Waals surface area contributed by atoms with Gasteiger partial charge in [0.25, 0.3) is 0 Å². The molecule has 0 amide bonds. The number of hydrogen-bond donors (Lipinski definition) is 2. The van der Waals surface area contributed by atoms with Crippen molar-refractivity contribution in [2.45, 2.75) is 26.0 Å². The quantitative estimate of drug-likeness (QED) is 0.825. The number of phenols is 1. The standard InChI is InChI=1S/C18H16FNO2/c1-18(2)8-15-16-12(9-22-15)10(6-7-14(16)20-18)11-4-3-5-13(19)17(11)21/h3-8,20-21H,9H2,1-2H3. The average molecular weight is 297 g/mol. The molecule has 2 heterocycles. The van der Waals surface area contributed by atoms with Crippen LogP contribution in [0, 0.1) is 5.82 Å². The molecule has 2 N–H and O–H groups in total. The van der Waals surface area contributed by atoms with Crippen LogP contribution < -0.4 is 5.32 Å². The zero-order valence-electron chi connectivity index (χ0n) is 12.4. The van der Waals surface area contributed by atoms with Crippen molar-refractivity contribution in [3.8, 4) is 16.9 Å².